The molecule has 0 aromatic heterocycles. The van der Waals surface area contributed by atoms with E-state index in [1.54, 1.807) is 0 Å². The number of rotatable bonds is 6. The first-order chi connectivity index (χ1) is 15.1. The van der Waals surface area contributed by atoms with Gasteiger partial charge in [-0.2, -0.15) is 4.31 Å². The molecule has 5 atom stereocenters. The van der Waals surface area contributed by atoms with E-state index < -0.39 is 22.1 Å². The molecule has 1 N–H and O–H groups in total. The van der Waals surface area contributed by atoms with Crippen molar-refractivity contribution in [3.63, 3.8) is 0 Å². The van der Waals surface area contributed by atoms with E-state index in [9.17, 15) is 18.0 Å². The fraction of sp³-hybridized carbons (Fsp3) is 0.652. The summed E-state index contributed by atoms with van der Waals surface area (Å²) in [5.74, 6) is -0.676. The Morgan fingerprint density at radius 2 is 1.78 bits per heavy atom. The van der Waals surface area contributed by atoms with Crippen molar-refractivity contribution in [2.24, 2.45) is 5.92 Å². The molecule has 178 valence electrons. The maximum atomic E-state index is 13.1. The summed E-state index contributed by atoms with van der Waals surface area (Å²) in [6.07, 6.45) is 2.83. The SMILES string of the molecule is C[C@@H]1CN(S(=O)(=O)c2cccc(C(=O)O[C@H](C)C(=O)N[C@H]3CCCC[C@@H]3C)c2)C[C@H](C)O1. The highest BCUT2D eigenvalue weighted by Gasteiger charge is 2.33. The Hall–Kier alpha value is -1.97. The van der Waals surface area contributed by atoms with Crippen molar-refractivity contribution in [3.8, 4) is 0 Å². The molecule has 1 amide bonds. The molecule has 0 bridgehead atoms. The molecule has 1 aliphatic carbocycles. The fourth-order valence-electron chi connectivity index (χ4n) is 4.37. The van der Waals surface area contributed by atoms with Crippen LogP contribution in [0, 0.1) is 5.92 Å². The summed E-state index contributed by atoms with van der Waals surface area (Å²) < 4.78 is 38.5. The van der Waals surface area contributed by atoms with Crippen molar-refractivity contribution in [2.75, 3.05) is 13.1 Å². The van der Waals surface area contributed by atoms with E-state index in [1.807, 2.05) is 13.8 Å². The van der Waals surface area contributed by atoms with Gasteiger partial charge in [-0.3, -0.25) is 4.79 Å². The Morgan fingerprint density at radius 1 is 1.12 bits per heavy atom. The highest BCUT2D eigenvalue weighted by atomic mass is 32.2. The van der Waals surface area contributed by atoms with Gasteiger partial charge in [-0.15, -0.1) is 0 Å². The minimum atomic E-state index is -3.79. The van der Waals surface area contributed by atoms with Gasteiger partial charge in [0.15, 0.2) is 6.10 Å². The van der Waals surface area contributed by atoms with Crippen molar-refractivity contribution in [1.82, 2.24) is 9.62 Å². The van der Waals surface area contributed by atoms with Crippen molar-refractivity contribution >= 4 is 21.9 Å². The lowest BCUT2D eigenvalue weighted by molar-refractivity contribution is -0.130. The van der Waals surface area contributed by atoms with E-state index in [4.69, 9.17) is 9.47 Å². The molecule has 0 unspecified atom stereocenters. The second-order valence-corrected chi connectivity index (χ2v) is 11.0. The third kappa shape index (κ3) is 5.88. The molecular weight excluding hydrogens is 432 g/mol. The molecule has 9 heteroatoms. The standard InChI is InChI=1S/C23H34N2O6S/c1-15-8-5-6-11-21(15)24-22(26)18(4)31-23(27)19-9-7-10-20(12-19)32(28,29)25-13-16(2)30-17(3)14-25/h7,9-10,12,15-18,21H,5-6,8,11,13-14H2,1-4H3,(H,24,26)/t15-,16-,17+,18+,21-/m0/s1. The minimum Gasteiger partial charge on any atom is -0.449 e. The van der Waals surface area contributed by atoms with Crippen LogP contribution in [0.3, 0.4) is 0 Å². The lowest BCUT2D eigenvalue weighted by Gasteiger charge is -2.34. The van der Waals surface area contributed by atoms with Gasteiger partial charge in [0.1, 0.15) is 0 Å². The van der Waals surface area contributed by atoms with Crippen molar-refractivity contribution in [3.05, 3.63) is 29.8 Å². The number of sulfonamides is 1. The van der Waals surface area contributed by atoms with Gasteiger partial charge in [0.2, 0.25) is 10.0 Å². The number of morpholine rings is 1. The minimum absolute atomic E-state index is 0.0152. The molecule has 1 aromatic carbocycles. The van der Waals surface area contributed by atoms with Crippen LogP contribution in [-0.4, -0.2) is 62.0 Å². The number of nitrogens with zero attached hydrogens (tertiary/aromatic N) is 1. The largest absolute Gasteiger partial charge is 0.449 e. The van der Waals surface area contributed by atoms with Crippen molar-refractivity contribution in [2.45, 2.75) is 82.6 Å². The monoisotopic (exact) mass is 466 g/mol. The van der Waals surface area contributed by atoms with Gasteiger partial charge in [0, 0.05) is 19.1 Å². The van der Waals surface area contributed by atoms with Gasteiger partial charge in [-0.25, -0.2) is 13.2 Å². The molecule has 1 aliphatic heterocycles. The average molecular weight is 467 g/mol. The summed E-state index contributed by atoms with van der Waals surface area (Å²) in [6, 6.07) is 5.84. The zero-order chi connectivity index (χ0) is 23.5. The first-order valence-corrected chi connectivity index (χ1v) is 12.8. The topological polar surface area (TPSA) is 102 Å². The van der Waals surface area contributed by atoms with Crippen LogP contribution >= 0.6 is 0 Å². The quantitative estimate of drug-likeness (QED) is 0.647. The van der Waals surface area contributed by atoms with E-state index in [0.29, 0.717) is 5.92 Å². The number of carbonyl (C=O) groups excluding carboxylic acids is 2. The first-order valence-electron chi connectivity index (χ1n) is 11.3. The maximum absolute atomic E-state index is 13.1. The Bertz CT molecular complexity index is 924. The molecule has 0 spiro atoms. The predicted octanol–water partition coefficient (Wildman–Crippen LogP) is 2.72. The van der Waals surface area contributed by atoms with Crippen LogP contribution in [-0.2, 0) is 24.3 Å². The van der Waals surface area contributed by atoms with Crippen LogP contribution in [0.25, 0.3) is 0 Å². The van der Waals surface area contributed by atoms with Gasteiger partial charge in [-0.1, -0.05) is 25.8 Å². The van der Waals surface area contributed by atoms with Crippen LogP contribution in [0.5, 0.6) is 0 Å². The number of ether oxygens (including phenoxy) is 2. The molecule has 1 aromatic rings. The summed E-state index contributed by atoms with van der Waals surface area (Å²) in [5.41, 5.74) is 0.0890. The predicted molar refractivity (Wildman–Crippen MR) is 120 cm³/mol. The lowest BCUT2D eigenvalue weighted by Crippen LogP contribution is -2.48. The Morgan fingerprint density at radius 3 is 2.44 bits per heavy atom. The van der Waals surface area contributed by atoms with Gasteiger partial charge in [0.25, 0.3) is 5.91 Å². The van der Waals surface area contributed by atoms with Crippen LogP contribution in [0.2, 0.25) is 0 Å². The fourth-order valence-corrected chi connectivity index (χ4v) is 6.01. The number of benzene rings is 1. The molecule has 3 rings (SSSR count). The summed E-state index contributed by atoms with van der Waals surface area (Å²) in [6.45, 7) is 7.79. The normalized spacial score (nSPS) is 28.0. The summed E-state index contributed by atoms with van der Waals surface area (Å²) >= 11 is 0. The van der Waals surface area contributed by atoms with Gasteiger partial charge in [0.05, 0.1) is 22.7 Å². The van der Waals surface area contributed by atoms with Crippen LogP contribution in [0.4, 0.5) is 0 Å². The molecule has 1 saturated carbocycles. The first kappa shape index (κ1) is 24.7. The number of esters is 1. The molecule has 1 heterocycles. The van der Waals surface area contributed by atoms with E-state index in [-0.39, 0.29) is 47.7 Å². The molecular formula is C23H34N2O6S. The van der Waals surface area contributed by atoms with E-state index >= 15 is 0 Å². The second kappa shape index (κ2) is 10.3. The molecule has 2 aliphatic rings. The van der Waals surface area contributed by atoms with Crippen LogP contribution in [0.15, 0.2) is 29.2 Å². The number of nitrogens with one attached hydrogen (secondary N) is 1. The highest BCUT2D eigenvalue weighted by molar-refractivity contribution is 7.89. The molecule has 0 radical (unpaired) electrons. The van der Waals surface area contributed by atoms with Gasteiger partial charge < -0.3 is 14.8 Å². The van der Waals surface area contributed by atoms with E-state index in [1.165, 1.54) is 41.9 Å². The number of hydrogen-bond donors (Lipinski definition) is 1. The Kier molecular flexibility index (Phi) is 7.95. The number of amides is 1. The molecule has 8 nitrogen and oxygen atoms in total. The third-order valence-corrected chi connectivity index (χ3v) is 8.01. The summed E-state index contributed by atoms with van der Waals surface area (Å²) in [5, 5.41) is 2.98. The zero-order valence-electron chi connectivity index (χ0n) is 19.2. The lowest BCUT2D eigenvalue weighted by atomic mass is 9.86. The van der Waals surface area contributed by atoms with Gasteiger partial charge >= 0.3 is 5.97 Å². The average Bonchev–Trinajstić information content (AvgIpc) is 2.74. The molecule has 1 saturated heterocycles. The third-order valence-electron chi connectivity index (χ3n) is 6.19. The molecule has 32 heavy (non-hydrogen) atoms. The van der Waals surface area contributed by atoms with Crippen LogP contribution < -0.4 is 5.32 Å². The number of carbonyl (C=O) groups is 2. The maximum Gasteiger partial charge on any atom is 0.338 e. The summed E-state index contributed by atoms with van der Waals surface area (Å²) in [7, 11) is -3.79. The second-order valence-electron chi connectivity index (χ2n) is 9.03. The summed E-state index contributed by atoms with van der Waals surface area (Å²) in [4.78, 5) is 25.2. The Labute approximate surface area is 190 Å². The van der Waals surface area contributed by atoms with Crippen LogP contribution in [0.1, 0.15) is 63.7 Å². The number of hydrogen-bond acceptors (Lipinski definition) is 6. The molecule has 2 fully saturated rings. The highest BCUT2D eigenvalue weighted by Crippen LogP contribution is 2.24. The van der Waals surface area contributed by atoms with Crippen molar-refractivity contribution < 1.29 is 27.5 Å². The van der Waals surface area contributed by atoms with Crippen molar-refractivity contribution in [1.29, 1.82) is 0 Å². The van der Waals surface area contributed by atoms with Gasteiger partial charge in [-0.05, 0) is 57.7 Å². The zero-order valence-corrected chi connectivity index (χ0v) is 20.1. The van der Waals surface area contributed by atoms with E-state index in [0.717, 1.165) is 19.3 Å². The van der Waals surface area contributed by atoms with E-state index in [2.05, 4.69) is 12.2 Å². The smallest absolute Gasteiger partial charge is 0.338 e. The Balaban J connectivity index is 1.66.